The Kier molecular flexibility index (Phi) is 3.03. The Labute approximate surface area is 161 Å². The van der Waals surface area contributed by atoms with Gasteiger partial charge in [-0.15, -0.1) is 0 Å². The highest BCUT2D eigenvalue weighted by Gasteiger charge is 2.44. The van der Waals surface area contributed by atoms with Crippen LogP contribution in [0.2, 0.25) is 0 Å². The van der Waals surface area contributed by atoms with E-state index in [1.165, 1.54) is 75.1 Å². The lowest BCUT2D eigenvalue weighted by Crippen LogP contribution is -2.28. The van der Waals surface area contributed by atoms with Gasteiger partial charge in [-0.1, -0.05) is 71.6 Å². The molecule has 26 heavy (non-hydrogen) atoms. The molecule has 1 fully saturated rings. The number of halogens is 1. The smallest absolute Gasteiger partial charge is 0.0547 e. The molecule has 0 unspecified atom stereocenters. The average molecular weight is 402 g/mol. The monoisotopic (exact) mass is 401 g/mol. The summed E-state index contributed by atoms with van der Waals surface area (Å²) in [6, 6.07) is 20.4. The molecule has 0 radical (unpaired) electrons. The molecule has 0 amide bonds. The van der Waals surface area contributed by atoms with Gasteiger partial charge in [0.1, 0.15) is 0 Å². The molecule has 1 N–H and O–H groups in total. The Morgan fingerprint density at radius 3 is 2.54 bits per heavy atom. The topological polar surface area (TPSA) is 15.8 Å². The largest absolute Gasteiger partial charge is 0.354 e. The molecule has 2 heteroatoms. The number of aromatic nitrogens is 1. The van der Waals surface area contributed by atoms with Crippen molar-refractivity contribution in [3.8, 4) is 11.1 Å². The number of nitrogens with one attached hydrogen (secondary N) is 1. The first-order valence-electron chi connectivity index (χ1n) is 9.62. The van der Waals surface area contributed by atoms with E-state index in [1.807, 2.05) is 0 Å². The molecule has 2 aliphatic carbocycles. The molecule has 0 saturated heterocycles. The molecule has 2 aliphatic rings. The maximum Gasteiger partial charge on any atom is 0.0547 e. The van der Waals surface area contributed by atoms with Crippen molar-refractivity contribution in [2.24, 2.45) is 0 Å². The minimum atomic E-state index is 0.207. The third kappa shape index (κ3) is 1.81. The predicted octanol–water partition coefficient (Wildman–Crippen LogP) is 7.31. The van der Waals surface area contributed by atoms with E-state index in [0.717, 1.165) is 0 Å². The molecule has 0 atom stereocenters. The normalized spacial score (nSPS) is 17.7. The average Bonchev–Trinajstić information content (AvgIpc) is 3.17. The van der Waals surface area contributed by atoms with Crippen LogP contribution in [0.25, 0.3) is 32.9 Å². The second-order valence-corrected chi connectivity index (χ2v) is 8.83. The molecule has 0 bridgehead atoms. The van der Waals surface area contributed by atoms with Crippen molar-refractivity contribution < 1.29 is 0 Å². The lowest BCUT2D eigenvalue weighted by molar-refractivity contribution is 0.353. The summed E-state index contributed by atoms with van der Waals surface area (Å²) in [4.78, 5) is 3.74. The van der Waals surface area contributed by atoms with Crippen LogP contribution in [-0.2, 0) is 5.41 Å². The van der Waals surface area contributed by atoms with Crippen LogP contribution in [0.1, 0.15) is 43.2 Å². The van der Waals surface area contributed by atoms with E-state index in [2.05, 4.69) is 75.5 Å². The van der Waals surface area contributed by atoms with Gasteiger partial charge in [-0.3, -0.25) is 0 Å². The lowest BCUT2D eigenvalue weighted by Gasteiger charge is -2.36. The van der Waals surface area contributed by atoms with Gasteiger partial charge in [0.15, 0.2) is 0 Å². The van der Waals surface area contributed by atoms with E-state index >= 15 is 0 Å². The van der Waals surface area contributed by atoms with E-state index in [9.17, 15) is 0 Å². The number of fused-ring (bicyclic) bond motifs is 9. The van der Waals surface area contributed by atoms with Gasteiger partial charge >= 0.3 is 0 Å². The Balaban J connectivity index is 1.77. The van der Waals surface area contributed by atoms with Crippen LogP contribution in [0.3, 0.4) is 0 Å². The highest BCUT2D eigenvalue weighted by molar-refractivity contribution is 9.10. The van der Waals surface area contributed by atoms with Gasteiger partial charge < -0.3 is 4.98 Å². The highest BCUT2D eigenvalue weighted by atomic mass is 79.9. The van der Waals surface area contributed by atoms with Gasteiger partial charge in [-0.2, -0.15) is 0 Å². The fourth-order valence-electron chi connectivity index (χ4n) is 5.57. The third-order valence-corrected chi connectivity index (χ3v) is 7.16. The van der Waals surface area contributed by atoms with Gasteiger partial charge in [0.25, 0.3) is 0 Å². The van der Waals surface area contributed by atoms with E-state index in [-0.39, 0.29) is 5.41 Å². The first kappa shape index (κ1) is 15.0. The van der Waals surface area contributed by atoms with E-state index < -0.39 is 0 Å². The maximum atomic E-state index is 3.74. The van der Waals surface area contributed by atoms with Crippen molar-refractivity contribution in [2.45, 2.75) is 37.5 Å². The molecule has 1 nitrogen and oxygen atoms in total. The number of hydrogen-bond acceptors (Lipinski definition) is 0. The van der Waals surface area contributed by atoms with Crippen LogP contribution in [0.15, 0.2) is 59.1 Å². The maximum absolute atomic E-state index is 3.74. The number of para-hydroxylation sites is 1. The number of rotatable bonds is 0. The van der Waals surface area contributed by atoms with Gasteiger partial charge in [-0.05, 0) is 47.7 Å². The molecular formula is C24H20BrN. The van der Waals surface area contributed by atoms with Crippen molar-refractivity contribution in [1.82, 2.24) is 4.98 Å². The second-order valence-electron chi connectivity index (χ2n) is 7.91. The van der Waals surface area contributed by atoms with E-state index in [0.29, 0.717) is 0 Å². The standard InChI is InChI=1S/C24H20BrN/c25-15-8-9-18-20(14-15)24(12-4-1-5-13-24)19-11-10-17-16-6-2-3-7-21(16)26-23(17)22(18)19/h2-3,6-11,14,26H,1,4-5,12-13H2. The summed E-state index contributed by atoms with van der Waals surface area (Å²) in [5.74, 6) is 0. The third-order valence-electron chi connectivity index (χ3n) is 6.67. The first-order chi connectivity index (χ1) is 12.8. The van der Waals surface area contributed by atoms with Crippen LogP contribution in [0.5, 0.6) is 0 Å². The molecule has 1 saturated carbocycles. The minimum Gasteiger partial charge on any atom is -0.354 e. The van der Waals surface area contributed by atoms with Crippen molar-refractivity contribution in [3.63, 3.8) is 0 Å². The highest BCUT2D eigenvalue weighted by Crippen LogP contribution is 2.57. The van der Waals surface area contributed by atoms with E-state index in [1.54, 1.807) is 5.56 Å². The Hall–Kier alpha value is -2.06. The number of benzene rings is 3. The second kappa shape index (κ2) is 5.23. The van der Waals surface area contributed by atoms with Gasteiger partial charge in [0.2, 0.25) is 0 Å². The molecule has 128 valence electrons. The van der Waals surface area contributed by atoms with Gasteiger partial charge in [-0.25, -0.2) is 0 Å². The Morgan fingerprint density at radius 1 is 0.808 bits per heavy atom. The molecule has 1 spiro atoms. The quantitative estimate of drug-likeness (QED) is 0.317. The van der Waals surface area contributed by atoms with Gasteiger partial charge in [0.05, 0.1) is 5.52 Å². The predicted molar refractivity (Wildman–Crippen MR) is 113 cm³/mol. The summed E-state index contributed by atoms with van der Waals surface area (Å²) in [7, 11) is 0. The van der Waals surface area contributed by atoms with Crippen molar-refractivity contribution in [2.75, 3.05) is 0 Å². The Bertz CT molecular complexity index is 1180. The van der Waals surface area contributed by atoms with Crippen LogP contribution in [0, 0.1) is 0 Å². The molecule has 0 aliphatic heterocycles. The zero-order valence-corrected chi connectivity index (χ0v) is 16.2. The van der Waals surface area contributed by atoms with Crippen LogP contribution >= 0.6 is 15.9 Å². The molecule has 3 aromatic carbocycles. The molecule has 4 aromatic rings. The fourth-order valence-corrected chi connectivity index (χ4v) is 5.93. The summed E-state index contributed by atoms with van der Waals surface area (Å²) in [5, 5.41) is 2.68. The van der Waals surface area contributed by atoms with E-state index in [4.69, 9.17) is 0 Å². The summed E-state index contributed by atoms with van der Waals surface area (Å²) < 4.78 is 1.20. The molecular weight excluding hydrogens is 382 g/mol. The molecule has 1 heterocycles. The lowest BCUT2D eigenvalue weighted by atomic mass is 9.68. The van der Waals surface area contributed by atoms with Crippen molar-refractivity contribution >= 4 is 37.7 Å². The number of H-pyrrole nitrogens is 1. The van der Waals surface area contributed by atoms with Crippen molar-refractivity contribution in [1.29, 1.82) is 0 Å². The number of hydrogen-bond donors (Lipinski definition) is 1. The zero-order chi connectivity index (χ0) is 17.3. The minimum absolute atomic E-state index is 0.207. The molecule has 1 aromatic heterocycles. The molecule has 6 rings (SSSR count). The number of aromatic amines is 1. The first-order valence-corrected chi connectivity index (χ1v) is 10.4. The van der Waals surface area contributed by atoms with Crippen LogP contribution in [-0.4, -0.2) is 4.98 Å². The zero-order valence-electron chi connectivity index (χ0n) is 14.6. The summed E-state index contributed by atoms with van der Waals surface area (Å²) in [5.41, 5.74) is 8.72. The van der Waals surface area contributed by atoms with Crippen LogP contribution in [0.4, 0.5) is 0 Å². The summed E-state index contributed by atoms with van der Waals surface area (Å²) >= 11 is 3.73. The fraction of sp³-hybridized carbons (Fsp3) is 0.250. The van der Waals surface area contributed by atoms with Gasteiger partial charge in [0, 0.05) is 31.7 Å². The summed E-state index contributed by atoms with van der Waals surface area (Å²) in [6.07, 6.45) is 6.58. The van der Waals surface area contributed by atoms with Crippen LogP contribution < -0.4 is 0 Å². The Morgan fingerprint density at radius 2 is 1.65 bits per heavy atom. The SMILES string of the molecule is Brc1ccc2c(c1)C1(CCCCC1)c1ccc3c([nH]c4ccccc43)c1-2. The van der Waals surface area contributed by atoms with Crippen molar-refractivity contribution in [3.05, 3.63) is 70.2 Å². The summed E-state index contributed by atoms with van der Waals surface area (Å²) in [6.45, 7) is 0.